The first-order valence-corrected chi connectivity index (χ1v) is 9.51. The van der Waals surface area contributed by atoms with Crippen molar-refractivity contribution in [3.63, 3.8) is 0 Å². The SMILES string of the molecule is O=C(CCCc1ccccc1)Nc1cnn(CC2COc3ccccc3O2)c1. The Hall–Kier alpha value is -3.28. The molecule has 0 saturated carbocycles. The summed E-state index contributed by atoms with van der Waals surface area (Å²) in [6.07, 6.45) is 5.55. The summed E-state index contributed by atoms with van der Waals surface area (Å²) in [5.41, 5.74) is 1.95. The highest BCUT2D eigenvalue weighted by atomic mass is 16.6. The minimum Gasteiger partial charge on any atom is -0.486 e. The van der Waals surface area contributed by atoms with Crippen molar-refractivity contribution in [3.8, 4) is 11.5 Å². The van der Waals surface area contributed by atoms with Gasteiger partial charge in [-0.15, -0.1) is 0 Å². The fourth-order valence-electron chi connectivity index (χ4n) is 3.21. The number of para-hydroxylation sites is 2. The summed E-state index contributed by atoms with van der Waals surface area (Å²) in [6.45, 7) is 1.02. The normalized spacial score (nSPS) is 15.2. The fourth-order valence-corrected chi connectivity index (χ4v) is 3.21. The molecule has 0 saturated heterocycles. The lowest BCUT2D eigenvalue weighted by molar-refractivity contribution is -0.116. The summed E-state index contributed by atoms with van der Waals surface area (Å²) >= 11 is 0. The molecule has 144 valence electrons. The van der Waals surface area contributed by atoms with Gasteiger partial charge in [0.15, 0.2) is 17.6 Å². The Balaban J connectivity index is 1.23. The number of hydrogen-bond donors (Lipinski definition) is 1. The molecule has 0 spiro atoms. The maximum atomic E-state index is 12.1. The van der Waals surface area contributed by atoms with Gasteiger partial charge in [-0.25, -0.2) is 0 Å². The van der Waals surface area contributed by atoms with Crippen molar-refractivity contribution < 1.29 is 14.3 Å². The molecule has 0 aliphatic carbocycles. The molecule has 0 fully saturated rings. The van der Waals surface area contributed by atoms with E-state index < -0.39 is 0 Å². The Morgan fingerprint density at radius 3 is 2.75 bits per heavy atom. The average Bonchev–Trinajstić information content (AvgIpc) is 3.15. The highest BCUT2D eigenvalue weighted by Gasteiger charge is 2.21. The second kappa shape index (κ2) is 8.61. The van der Waals surface area contributed by atoms with Crippen molar-refractivity contribution in [1.29, 1.82) is 0 Å². The number of carbonyl (C=O) groups excluding carboxylic acids is 1. The lowest BCUT2D eigenvalue weighted by atomic mass is 10.1. The zero-order valence-electron chi connectivity index (χ0n) is 15.6. The van der Waals surface area contributed by atoms with Gasteiger partial charge in [-0.05, 0) is 30.5 Å². The van der Waals surface area contributed by atoms with Gasteiger partial charge in [-0.3, -0.25) is 9.48 Å². The number of hydrogen-bond acceptors (Lipinski definition) is 4. The van der Waals surface area contributed by atoms with Crippen LogP contribution in [0.15, 0.2) is 67.0 Å². The smallest absolute Gasteiger partial charge is 0.224 e. The Morgan fingerprint density at radius 1 is 1.11 bits per heavy atom. The van der Waals surface area contributed by atoms with E-state index in [4.69, 9.17) is 9.47 Å². The third kappa shape index (κ3) is 4.71. The largest absolute Gasteiger partial charge is 0.486 e. The minimum atomic E-state index is -0.121. The molecule has 1 atom stereocenters. The van der Waals surface area contributed by atoms with Gasteiger partial charge in [0.2, 0.25) is 5.91 Å². The zero-order chi connectivity index (χ0) is 19.2. The van der Waals surface area contributed by atoms with E-state index in [9.17, 15) is 4.79 Å². The Labute approximate surface area is 164 Å². The number of rotatable bonds is 7. The van der Waals surface area contributed by atoms with E-state index >= 15 is 0 Å². The van der Waals surface area contributed by atoms with Crippen molar-refractivity contribution in [2.45, 2.75) is 31.9 Å². The second-order valence-electron chi connectivity index (χ2n) is 6.84. The highest BCUT2D eigenvalue weighted by molar-refractivity contribution is 5.90. The van der Waals surface area contributed by atoms with Crippen molar-refractivity contribution in [3.05, 3.63) is 72.6 Å². The van der Waals surface area contributed by atoms with Crippen LogP contribution >= 0.6 is 0 Å². The molecule has 1 N–H and O–H groups in total. The number of carbonyl (C=O) groups is 1. The number of nitrogens with zero attached hydrogens (tertiary/aromatic N) is 2. The summed E-state index contributed by atoms with van der Waals surface area (Å²) in [4.78, 5) is 12.1. The molecule has 0 bridgehead atoms. The second-order valence-corrected chi connectivity index (χ2v) is 6.84. The Kier molecular flexibility index (Phi) is 5.56. The molecule has 1 unspecified atom stereocenters. The predicted molar refractivity (Wildman–Crippen MR) is 107 cm³/mol. The molecule has 1 amide bonds. The maximum Gasteiger partial charge on any atom is 0.224 e. The van der Waals surface area contributed by atoms with E-state index in [-0.39, 0.29) is 12.0 Å². The predicted octanol–water partition coefficient (Wildman–Crippen LogP) is 3.68. The van der Waals surface area contributed by atoms with Crippen LogP contribution < -0.4 is 14.8 Å². The quantitative estimate of drug-likeness (QED) is 0.682. The van der Waals surface area contributed by atoms with Gasteiger partial charge >= 0.3 is 0 Å². The van der Waals surface area contributed by atoms with Gasteiger partial charge in [0.25, 0.3) is 0 Å². The molecule has 1 aliphatic heterocycles. The third-order valence-corrected chi connectivity index (χ3v) is 4.59. The number of ether oxygens (including phenoxy) is 2. The first-order valence-electron chi connectivity index (χ1n) is 9.51. The number of fused-ring (bicyclic) bond motifs is 1. The molecule has 0 radical (unpaired) electrons. The standard InChI is InChI=1S/C22H23N3O3/c26-22(12-6-9-17-7-2-1-3-8-17)24-18-13-23-25(14-18)15-19-16-27-20-10-4-5-11-21(20)28-19/h1-5,7-8,10-11,13-14,19H,6,9,12,15-16H2,(H,24,26). The van der Waals surface area contributed by atoms with E-state index in [1.54, 1.807) is 10.9 Å². The number of benzene rings is 2. The van der Waals surface area contributed by atoms with Gasteiger partial charge in [0.05, 0.1) is 18.4 Å². The van der Waals surface area contributed by atoms with Gasteiger partial charge in [0.1, 0.15) is 6.61 Å². The summed E-state index contributed by atoms with van der Waals surface area (Å²) in [5.74, 6) is 1.52. The number of anilines is 1. The van der Waals surface area contributed by atoms with Crippen molar-refractivity contribution in [2.24, 2.45) is 0 Å². The van der Waals surface area contributed by atoms with Crippen LogP contribution in [0.2, 0.25) is 0 Å². The van der Waals surface area contributed by atoms with Gasteiger partial charge in [-0.2, -0.15) is 5.10 Å². The summed E-state index contributed by atoms with van der Waals surface area (Å²) in [5, 5.41) is 7.22. The zero-order valence-corrected chi connectivity index (χ0v) is 15.6. The average molecular weight is 377 g/mol. The van der Waals surface area contributed by atoms with Crippen molar-refractivity contribution in [2.75, 3.05) is 11.9 Å². The Bertz CT molecular complexity index is 924. The molecular formula is C22H23N3O3. The molecule has 2 aromatic carbocycles. The minimum absolute atomic E-state index is 0.00154. The van der Waals surface area contributed by atoms with Crippen LogP contribution in [0.3, 0.4) is 0 Å². The summed E-state index contributed by atoms with van der Waals surface area (Å²) in [7, 11) is 0. The van der Waals surface area contributed by atoms with E-state index in [2.05, 4.69) is 22.5 Å². The number of amides is 1. The maximum absolute atomic E-state index is 12.1. The van der Waals surface area contributed by atoms with Crippen LogP contribution in [0.4, 0.5) is 5.69 Å². The van der Waals surface area contributed by atoms with Crippen LogP contribution in [-0.4, -0.2) is 28.4 Å². The fraction of sp³-hybridized carbons (Fsp3) is 0.273. The van der Waals surface area contributed by atoms with Gasteiger partial charge < -0.3 is 14.8 Å². The molecule has 6 heteroatoms. The van der Waals surface area contributed by atoms with Crippen LogP contribution in [0.25, 0.3) is 0 Å². The highest BCUT2D eigenvalue weighted by Crippen LogP contribution is 2.31. The van der Waals surface area contributed by atoms with Gasteiger partial charge in [-0.1, -0.05) is 42.5 Å². The van der Waals surface area contributed by atoms with Crippen LogP contribution in [0.1, 0.15) is 18.4 Å². The number of nitrogens with one attached hydrogen (secondary N) is 1. The van der Waals surface area contributed by atoms with Crippen LogP contribution in [-0.2, 0) is 17.8 Å². The molecule has 4 rings (SSSR count). The number of aromatic nitrogens is 2. The summed E-state index contributed by atoms with van der Waals surface area (Å²) < 4.78 is 13.4. The molecular weight excluding hydrogens is 354 g/mol. The molecule has 3 aromatic rings. The number of aryl methyl sites for hydroxylation is 1. The molecule has 1 aromatic heterocycles. The topological polar surface area (TPSA) is 65.4 Å². The molecule has 2 heterocycles. The Morgan fingerprint density at radius 2 is 1.89 bits per heavy atom. The lowest BCUT2D eigenvalue weighted by Crippen LogP contribution is -2.33. The van der Waals surface area contributed by atoms with E-state index in [0.717, 1.165) is 24.3 Å². The molecule has 28 heavy (non-hydrogen) atoms. The first kappa shape index (κ1) is 18.1. The van der Waals surface area contributed by atoms with E-state index in [1.807, 2.05) is 48.7 Å². The van der Waals surface area contributed by atoms with E-state index in [0.29, 0.717) is 25.3 Å². The third-order valence-electron chi connectivity index (χ3n) is 4.59. The summed E-state index contributed by atoms with van der Waals surface area (Å²) in [6, 6.07) is 17.8. The van der Waals surface area contributed by atoms with Crippen LogP contribution in [0, 0.1) is 0 Å². The lowest BCUT2D eigenvalue weighted by Gasteiger charge is -2.26. The van der Waals surface area contributed by atoms with Crippen LogP contribution in [0.5, 0.6) is 11.5 Å². The monoisotopic (exact) mass is 377 g/mol. The first-order chi connectivity index (χ1) is 13.8. The van der Waals surface area contributed by atoms with Crippen molar-refractivity contribution >= 4 is 11.6 Å². The van der Waals surface area contributed by atoms with Gasteiger partial charge in [0, 0.05) is 12.6 Å². The molecule has 6 nitrogen and oxygen atoms in total. The van der Waals surface area contributed by atoms with E-state index in [1.165, 1.54) is 5.56 Å². The molecule has 1 aliphatic rings. The van der Waals surface area contributed by atoms with Crippen molar-refractivity contribution in [1.82, 2.24) is 9.78 Å².